The van der Waals surface area contributed by atoms with Gasteiger partial charge in [0.1, 0.15) is 6.10 Å². The Kier molecular flexibility index (Phi) is 4.53. The van der Waals surface area contributed by atoms with Crippen molar-refractivity contribution < 1.29 is 15.0 Å². The molecule has 2 unspecified atom stereocenters. The standard InChI is InChI=1S/C6H11NO3/c1-2-3-5(9)6(10)7-4-8/h2,4-6,9-10H,1,3H2,(H,7,8). The van der Waals surface area contributed by atoms with Gasteiger partial charge in [0, 0.05) is 0 Å². The van der Waals surface area contributed by atoms with Crippen molar-refractivity contribution in [1.82, 2.24) is 5.32 Å². The number of rotatable bonds is 5. The first-order valence-electron chi connectivity index (χ1n) is 2.89. The van der Waals surface area contributed by atoms with Crippen molar-refractivity contribution in [1.29, 1.82) is 0 Å². The summed E-state index contributed by atoms with van der Waals surface area (Å²) in [7, 11) is 0. The molecule has 4 heteroatoms. The van der Waals surface area contributed by atoms with Gasteiger partial charge < -0.3 is 15.5 Å². The van der Waals surface area contributed by atoms with Gasteiger partial charge in [0.25, 0.3) is 0 Å². The summed E-state index contributed by atoms with van der Waals surface area (Å²) in [6.07, 6.45) is -0.127. The molecule has 0 bridgehead atoms. The first-order chi connectivity index (χ1) is 4.72. The van der Waals surface area contributed by atoms with Crippen LogP contribution in [0.3, 0.4) is 0 Å². The fourth-order valence-corrected chi connectivity index (χ4v) is 0.480. The Morgan fingerprint density at radius 1 is 1.60 bits per heavy atom. The van der Waals surface area contributed by atoms with Crippen molar-refractivity contribution in [2.24, 2.45) is 0 Å². The van der Waals surface area contributed by atoms with E-state index < -0.39 is 12.3 Å². The van der Waals surface area contributed by atoms with E-state index in [0.29, 0.717) is 6.41 Å². The van der Waals surface area contributed by atoms with Gasteiger partial charge >= 0.3 is 0 Å². The van der Waals surface area contributed by atoms with E-state index in [9.17, 15) is 4.79 Å². The monoisotopic (exact) mass is 145 g/mol. The number of amides is 1. The van der Waals surface area contributed by atoms with E-state index in [1.54, 1.807) is 0 Å². The molecule has 0 aromatic carbocycles. The summed E-state index contributed by atoms with van der Waals surface area (Å²) in [5, 5.41) is 19.7. The first-order valence-corrected chi connectivity index (χ1v) is 2.89. The second-order valence-corrected chi connectivity index (χ2v) is 1.82. The molecule has 1 amide bonds. The van der Waals surface area contributed by atoms with Crippen LogP contribution < -0.4 is 5.32 Å². The maximum atomic E-state index is 9.72. The Morgan fingerprint density at radius 2 is 2.20 bits per heavy atom. The highest BCUT2D eigenvalue weighted by Gasteiger charge is 2.11. The van der Waals surface area contributed by atoms with Gasteiger partial charge in [-0.3, -0.25) is 4.79 Å². The molecule has 10 heavy (non-hydrogen) atoms. The number of aliphatic hydroxyl groups is 2. The molecule has 0 aliphatic heterocycles. The van der Waals surface area contributed by atoms with E-state index in [1.807, 2.05) is 5.32 Å². The number of carbonyl (C=O) groups is 1. The van der Waals surface area contributed by atoms with Gasteiger partial charge in [0.2, 0.25) is 6.41 Å². The second kappa shape index (κ2) is 4.96. The lowest BCUT2D eigenvalue weighted by molar-refractivity contribution is -0.114. The van der Waals surface area contributed by atoms with Crippen molar-refractivity contribution >= 4 is 6.41 Å². The van der Waals surface area contributed by atoms with Crippen LogP contribution in [0.2, 0.25) is 0 Å². The smallest absolute Gasteiger partial charge is 0.209 e. The summed E-state index contributed by atoms with van der Waals surface area (Å²) in [4.78, 5) is 9.72. The van der Waals surface area contributed by atoms with Crippen LogP contribution in [0.25, 0.3) is 0 Å². The molecule has 0 aliphatic carbocycles. The summed E-state index contributed by atoms with van der Waals surface area (Å²) in [6, 6.07) is 0. The molecular weight excluding hydrogens is 134 g/mol. The molecule has 0 radical (unpaired) electrons. The van der Waals surface area contributed by atoms with Gasteiger partial charge in [-0.25, -0.2) is 0 Å². The summed E-state index contributed by atoms with van der Waals surface area (Å²) in [6.45, 7) is 3.36. The van der Waals surface area contributed by atoms with Crippen LogP contribution in [0.15, 0.2) is 12.7 Å². The van der Waals surface area contributed by atoms with Gasteiger partial charge in [-0.2, -0.15) is 0 Å². The normalized spacial score (nSPS) is 15.4. The third-order valence-corrected chi connectivity index (χ3v) is 1.01. The van der Waals surface area contributed by atoms with Crippen molar-refractivity contribution in [2.75, 3.05) is 0 Å². The zero-order valence-corrected chi connectivity index (χ0v) is 5.53. The molecule has 0 saturated heterocycles. The maximum absolute atomic E-state index is 9.72. The van der Waals surface area contributed by atoms with Gasteiger partial charge in [0.15, 0.2) is 6.23 Å². The number of hydrogen-bond acceptors (Lipinski definition) is 3. The molecule has 0 aromatic rings. The first kappa shape index (κ1) is 9.13. The van der Waals surface area contributed by atoms with E-state index in [-0.39, 0.29) is 6.42 Å². The molecule has 4 nitrogen and oxygen atoms in total. The summed E-state index contributed by atoms with van der Waals surface area (Å²) < 4.78 is 0. The molecule has 3 N–H and O–H groups in total. The highest BCUT2D eigenvalue weighted by Crippen LogP contribution is 1.94. The fourth-order valence-electron chi connectivity index (χ4n) is 0.480. The number of aliphatic hydroxyl groups excluding tert-OH is 2. The van der Waals surface area contributed by atoms with E-state index in [0.717, 1.165) is 0 Å². The van der Waals surface area contributed by atoms with E-state index in [4.69, 9.17) is 10.2 Å². The molecule has 0 aromatic heterocycles. The molecule has 0 saturated carbocycles. The van der Waals surface area contributed by atoms with Crippen molar-refractivity contribution in [3.63, 3.8) is 0 Å². The highest BCUT2D eigenvalue weighted by molar-refractivity contribution is 5.46. The van der Waals surface area contributed by atoms with Crippen LogP contribution in [-0.4, -0.2) is 29.0 Å². The lowest BCUT2D eigenvalue weighted by Crippen LogP contribution is -2.38. The van der Waals surface area contributed by atoms with E-state index >= 15 is 0 Å². The van der Waals surface area contributed by atoms with Gasteiger partial charge in [-0.05, 0) is 6.42 Å². The highest BCUT2D eigenvalue weighted by atomic mass is 16.3. The molecule has 0 spiro atoms. The minimum Gasteiger partial charge on any atom is -0.388 e. The zero-order chi connectivity index (χ0) is 7.98. The van der Waals surface area contributed by atoms with Crippen LogP contribution >= 0.6 is 0 Å². The molecule has 0 rings (SSSR count). The van der Waals surface area contributed by atoms with Crippen LogP contribution in [0.4, 0.5) is 0 Å². The summed E-state index contributed by atoms with van der Waals surface area (Å²) in [5.41, 5.74) is 0. The van der Waals surface area contributed by atoms with E-state index in [2.05, 4.69) is 6.58 Å². The third-order valence-electron chi connectivity index (χ3n) is 1.01. The topological polar surface area (TPSA) is 69.6 Å². The summed E-state index contributed by atoms with van der Waals surface area (Å²) >= 11 is 0. The molecule has 58 valence electrons. The lowest BCUT2D eigenvalue weighted by Gasteiger charge is -2.14. The zero-order valence-electron chi connectivity index (χ0n) is 5.53. The molecule has 2 atom stereocenters. The van der Waals surface area contributed by atoms with Crippen LogP contribution in [0.1, 0.15) is 6.42 Å². The molecule has 0 fully saturated rings. The predicted molar refractivity (Wildman–Crippen MR) is 36.0 cm³/mol. The third kappa shape index (κ3) is 3.21. The van der Waals surface area contributed by atoms with Crippen molar-refractivity contribution in [3.05, 3.63) is 12.7 Å². The van der Waals surface area contributed by atoms with E-state index in [1.165, 1.54) is 6.08 Å². The Balaban J connectivity index is 3.56. The summed E-state index contributed by atoms with van der Waals surface area (Å²) in [5.74, 6) is 0. The average molecular weight is 145 g/mol. The van der Waals surface area contributed by atoms with Gasteiger partial charge in [0.05, 0.1) is 0 Å². The Morgan fingerprint density at radius 3 is 2.60 bits per heavy atom. The van der Waals surface area contributed by atoms with Crippen LogP contribution in [-0.2, 0) is 4.79 Å². The van der Waals surface area contributed by atoms with Gasteiger partial charge in [-0.1, -0.05) is 6.08 Å². The van der Waals surface area contributed by atoms with Crippen molar-refractivity contribution in [2.45, 2.75) is 18.8 Å². The largest absolute Gasteiger partial charge is 0.388 e. The SMILES string of the molecule is C=CCC(O)C(O)NC=O. The number of carbonyl (C=O) groups excluding carboxylic acids is 1. The second-order valence-electron chi connectivity index (χ2n) is 1.82. The maximum Gasteiger partial charge on any atom is 0.209 e. The van der Waals surface area contributed by atoms with Crippen LogP contribution in [0, 0.1) is 0 Å². The Labute approximate surface area is 59.2 Å². The van der Waals surface area contributed by atoms with Crippen LogP contribution in [0.5, 0.6) is 0 Å². The number of nitrogens with one attached hydrogen (secondary N) is 1. The average Bonchev–Trinajstić information content (AvgIpc) is 1.89. The van der Waals surface area contributed by atoms with Crippen molar-refractivity contribution in [3.8, 4) is 0 Å². The van der Waals surface area contributed by atoms with Gasteiger partial charge in [-0.15, -0.1) is 6.58 Å². The minimum atomic E-state index is -1.20. The molecular formula is C6H11NO3. The quantitative estimate of drug-likeness (QED) is 0.264. The Hall–Kier alpha value is -0.870. The molecule has 0 heterocycles. The number of hydrogen-bond donors (Lipinski definition) is 3. The predicted octanol–water partition coefficient (Wildman–Crippen LogP) is -1.01. The Bertz CT molecular complexity index is 102. The molecule has 0 aliphatic rings. The minimum absolute atomic E-state index is 0.252. The lowest BCUT2D eigenvalue weighted by atomic mass is 10.2. The fraction of sp³-hybridized carbons (Fsp3) is 0.500.